The minimum atomic E-state index is -1.12. The average molecular weight is 479 g/mol. The zero-order chi connectivity index (χ0) is 24.0. The highest BCUT2D eigenvalue weighted by molar-refractivity contribution is 6.76. The number of hydrogen-bond acceptors (Lipinski definition) is 4. The number of rotatable bonds is 6. The average Bonchev–Trinajstić information content (AvgIpc) is 3.24. The normalized spacial score (nSPS) is 35.3. The minimum absolute atomic E-state index is 0.118. The van der Waals surface area contributed by atoms with Crippen LogP contribution in [0.5, 0.6) is 0 Å². The van der Waals surface area contributed by atoms with Gasteiger partial charge in [0.1, 0.15) is 6.73 Å². The maximum Gasteiger partial charge on any atom is 0.160 e. The molecule has 0 amide bonds. The van der Waals surface area contributed by atoms with E-state index in [0.717, 1.165) is 13.2 Å². The molecule has 3 aliphatic carbocycles. The summed E-state index contributed by atoms with van der Waals surface area (Å²) in [4.78, 5) is 19.7. The first-order valence-electron chi connectivity index (χ1n) is 13.4. The second-order valence-electron chi connectivity index (χ2n) is 12.5. The number of fused-ring (bicyclic) bond motifs is 5. The van der Waals surface area contributed by atoms with E-state index in [-0.39, 0.29) is 5.92 Å². The summed E-state index contributed by atoms with van der Waals surface area (Å²) in [7, 11) is -1.12. The first-order valence-corrected chi connectivity index (χ1v) is 17.1. The summed E-state index contributed by atoms with van der Waals surface area (Å²) in [6.07, 6.45) is 12.1. The molecule has 2 heterocycles. The van der Waals surface area contributed by atoms with Crippen molar-refractivity contribution in [3.63, 3.8) is 0 Å². The first kappa shape index (κ1) is 24.0. The van der Waals surface area contributed by atoms with Gasteiger partial charge in [0.15, 0.2) is 5.78 Å². The van der Waals surface area contributed by atoms with Crippen molar-refractivity contribution in [2.45, 2.75) is 58.8 Å². The summed E-state index contributed by atoms with van der Waals surface area (Å²) < 4.78 is 6.26. The van der Waals surface area contributed by atoms with Crippen LogP contribution in [0.15, 0.2) is 42.4 Å². The molecule has 0 N–H and O–H groups in total. The quantitative estimate of drug-likeness (QED) is 0.365. The molecule has 1 aliphatic heterocycles. The summed E-state index contributed by atoms with van der Waals surface area (Å²) >= 11 is 0. The lowest BCUT2D eigenvalue weighted by Crippen LogP contribution is -2.54. The molecule has 0 spiro atoms. The highest BCUT2D eigenvalue weighted by Gasteiger charge is 2.53. The van der Waals surface area contributed by atoms with Crippen LogP contribution in [0.25, 0.3) is 5.57 Å². The van der Waals surface area contributed by atoms with Gasteiger partial charge in [-0.1, -0.05) is 45.6 Å². The van der Waals surface area contributed by atoms with Crippen molar-refractivity contribution in [1.29, 1.82) is 0 Å². The van der Waals surface area contributed by atoms with E-state index in [1.165, 1.54) is 42.1 Å². The second-order valence-corrected chi connectivity index (χ2v) is 18.1. The van der Waals surface area contributed by atoms with Crippen LogP contribution in [0.1, 0.15) is 38.7 Å². The smallest absolute Gasteiger partial charge is 0.160 e. The number of aromatic nitrogens is 1. The number of hydrogen-bond donors (Lipinski definition) is 0. The van der Waals surface area contributed by atoms with Gasteiger partial charge >= 0.3 is 0 Å². The van der Waals surface area contributed by atoms with E-state index in [4.69, 9.17) is 4.74 Å². The number of pyridine rings is 1. The molecule has 0 aromatic carbocycles. The number of carbonyl (C=O) groups excluding carboxylic acids is 1. The van der Waals surface area contributed by atoms with E-state index in [1.54, 1.807) is 0 Å². The van der Waals surface area contributed by atoms with Gasteiger partial charge in [-0.2, -0.15) is 0 Å². The number of ether oxygens (including phenoxy) is 1. The summed E-state index contributed by atoms with van der Waals surface area (Å²) in [6.45, 7) is 14.2. The molecule has 0 bridgehead atoms. The fraction of sp³-hybridized carbons (Fsp3) is 0.655. The molecule has 7 atom stereocenters. The number of nitrogens with zero attached hydrogens (tertiary/aromatic N) is 2. The van der Waals surface area contributed by atoms with Crippen molar-refractivity contribution in [2.75, 3.05) is 19.9 Å². The first-order chi connectivity index (χ1) is 16.2. The molecular formula is C29H42N2O2Si. The Labute approximate surface area is 206 Å². The SMILES string of the molecule is CC1C(=O)C=C2[C@@H]([C@H]3CC[C@@H]4C(c5cccnc5)=CC[C@@H]4[C@@H]3CN2COCC[Si](C)(C)C)[C@H]1C. The van der Waals surface area contributed by atoms with Gasteiger partial charge in [-0.3, -0.25) is 9.78 Å². The molecule has 5 heteroatoms. The Morgan fingerprint density at radius 3 is 2.71 bits per heavy atom. The zero-order valence-corrected chi connectivity index (χ0v) is 22.7. The van der Waals surface area contributed by atoms with Crippen molar-refractivity contribution < 1.29 is 9.53 Å². The van der Waals surface area contributed by atoms with E-state index in [9.17, 15) is 4.79 Å². The third-order valence-electron chi connectivity index (χ3n) is 9.37. The highest BCUT2D eigenvalue weighted by Crippen LogP contribution is 2.57. The molecule has 4 nitrogen and oxygen atoms in total. The maximum absolute atomic E-state index is 12.9. The molecule has 5 rings (SSSR count). The lowest BCUT2D eigenvalue weighted by Gasteiger charge is -2.55. The maximum atomic E-state index is 12.9. The van der Waals surface area contributed by atoms with Gasteiger partial charge in [-0.15, -0.1) is 0 Å². The lowest BCUT2D eigenvalue weighted by atomic mass is 9.55. The van der Waals surface area contributed by atoms with Gasteiger partial charge in [-0.05, 0) is 72.1 Å². The van der Waals surface area contributed by atoms with E-state index < -0.39 is 8.07 Å². The number of carbonyl (C=O) groups is 1. The monoisotopic (exact) mass is 478 g/mol. The van der Waals surface area contributed by atoms with Gasteiger partial charge in [0, 0.05) is 57.2 Å². The summed E-state index contributed by atoms with van der Waals surface area (Å²) in [5, 5.41) is 0. The molecule has 1 saturated carbocycles. The van der Waals surface area contributed by atoms with E-state index >= 15 is 0 Å². The van der Waals surface area contributed by atoms with Gasteiger partial charge in [0.25, 0.3) is 0 Å². The predicted octanol–water partition coefficient (Wildman–Crippen LogP) is 6.11. The van der Waals surface area contributed by atoms with Gasteiger partial charge < -0.3 is 9.64 Å². The van der Waals surface area contributed by atoms with E-state index in [1.807, 2.05) is 18.5 Å². The van der Waals surface area contributed by atoms with Crippen LogP contribution in [0, 0.1) is 41.4 Å². The fourth-order valence-corrected chi connectivity index (χ4v) is 8.06. The summed E-state index contributed by atoms with van der Waals surface area (Å²) in [5.41, 5.74) is 4.11. The van der Waals surface area contributed by atoms with Crippen LogP contribution in [-0.4, -0.2) is 43.6 Å². The van der Waals surface area contributed by atoms with Crippen molar-refractivity contribution >= 4 is 19.4 Å². The van der Waals surface area contributed by atoms with E-state index in [0.29, 0.717) is 48.0 Å². The van der Waals surface area contributed by atoms with Crippen LogP contribution < -0.4 is 0 Å². The Morgan fingerprint density at radius 1 is 1.15 bits per heavy atom. The van der Waals surface area contributed by atoms with Crippen molar-refractivity contribution in [1.82, 2.24) is 9.88 Å². The lowest BCUT2D eigenvalue weighted by molar-refractivity contribution is -0.123. The Morgan fingerprint density at radius 2 is 1.97 bits per heavy atom. The van der Waals surface area contributed by atoms with Crippen LogP contribution in [0.2, 0.25) is 25.7 Å². The van der Waals surface area contributed by atoms with Crippen LogP contribution >= 0.6 is 0 Å². The van der Waals surface area contributed by atoms with Crippen molar-refractivity contribution in [2.24, 2.45) is 41.4 Å². The van der Waals surface area contributed by atoms with Crippen LogP contribution in [0.4, 0.5) is 0 Å². The molecular weight excluding hydrogens is 436 g/mol. The largest absolute Gasteiger partial charge is 0.361 e. The minimum Gasteiger partial charge on any atom is -0.361 e. The molecule has 1 aromatic heterocycles. The number of piperidine rings is 1. The zero-order valence-electron chi connectivity index (χ0n) is 21.7. The molecule has 4 aliphatic rings. The molecule has 1 unspecified atom stereocenters. The Balaban J connectivity index is 1.38. The topological polar surface area (TPSA) is 42.4 Å². The Bertz CT molecular complexity index is 966. The van der Waals surface area contributed by atoms with Crippen molar-refractivity contribution in [3.8, 4) is 0 Å². The molecule has 1 aromatic rings. The second kappa shape index (κ2) is 9.38. The van der Waals surface area contributed by atoms with Crippen molar-refractivity contribution in [3.05, 3.63) is 47.9 Å². The number of allylic oxidation sites excluding steroid dienone is 4. The van der Waals surface area contributed by atoms with Crippen LogP contribution in [0.3, 0.4) is 0 Å². The molecule has 0 radical (unpaired) electrons. The standard InChI is InChI=1S/C29H42N2O2Si/c1-19-20(2)29-25-11-10-23-22(21-7-6-12-30-16-21)8-9-24(23)26(25)17-31(27(29)15-28(19)32)18-33-13-14-34(3,4)5/h6-8,12,15-16,19-20,23-26,29H,9-11,13-14,17-18H2,1-5H3/t19?,20-,23+,24-,25-,26-,29+/m0/s1. The Hall–Kier alpha value is -1.72. The number of ketones is 1. The van der Waals surface area contributed by atoms with Gasteiger partial charge in [0.2, 0.25) is 0 Å². The summed E-state index contributed by atoms with van der Waals surface area (Å²) in [5.74, 6) is 3.98. The molecule has 34 heavy (non-hydrogen) atoms. The number of likely N-dealkylation sites (tertiary alicyclic amines) is 1. The van der Waals surface area contributed by atoms with Gasteiger partial charge in [-0.25, -0.2) is 0 Å². The third kappa shape index (κ3) is 4.46. The predicted molar refractivity (Wildman–Crippen MR) is 141 cm³/mol. The van der Waals surface area contributed by atoms with Crippen LogP contribution in [-0.2, 0) is 9.53 Å². The molecule has 184 valence electrons. The molecule has 2 fully saturated rings. The Kier molecular flexibility index (Phi) is 6.62. The fourth-order valence-electron chi connectivity index (χ4n) is 7.30. The van der Waals surface area contributed by atoms with E-state index in [2.05, 4.69) is 61.6 Å². The third-order valence-corrected chi connectivity index (χ3v) is 11.1. The highest BCUT2D eigenvalue weighted by atomic mass is 28.3. The molecule has 1 saturated heterocycles. The van der Waals surface area contributed by atoms with Gasteiger partial charge in [0.05, 0.1) is 0 Å². The summed E-state index contributed by atoms with van der Waals surface area (Å²) in [6, 6.07) is 5.48.